The van der Waals surface area contributed by atoms with Gasteiger partial charge in [0.1, 0.15) is 5.54 Å². The van der Waals surface area contributed by atoms with Gasteiger partial charge >= 0.3 is 0 Å². The van der Waals surface area contributed by atoms with E-state index in [2.05, 4.69) is 10.3 Å². The van der Waals surface area contributed by atoms with Crippen molar-refractivity contribution in [3.05, 3.63) is 65.0 Å². The van der Waals surface area contributed by atoms with Crippen LogP contribution in [-0.4, -0.2) is 16.4 Å². The van der Waals surface area contributed by atoms with Gasteiger partial charge in [-0.05, 0) is 39.3 Å². The van der Waals surface area contributed by atoms with E-state index in [1.165, 1.54) is 32.2 Å². The number of hydrogen-bond acceptors (Lipinski definition) is 2. The van der Waals surface area contributed by atoms with Crippen LogP contribution in [-0.2, 0) is 5.92 Å². The molecule has 0 unspecified atom stereocenters. The van der Waals surface area contributed by atoms with E-state index in [-0.39, 0.29) is 11.1 Å². The largest absolute Gasteiger partial charge is 0.341 e. The summed E-state index contributed by atoms with van der Waals surface area (Å²) in [7, 11) is 0. The Morgan fingerprint density at radius 2 is 1.74 bits per heavy atom. The molecule has 23 heavy (non-hydrogen) atoms. The molecule has 1 amide bonds. The summed E-state index contributed by atoms with van der Waals surface area (Å²) in [5, 5.41) is 2.43. The van der Waals surface area contributed by atoms with Gasteiger partial charge in [-0.15, -0.1) is 0 Å². The number of nitrogens with zero attached hydrogens (tertiary/aromatic N) is 1. The summed E-state index contributed by atoms with van der Waals surface area (Å²) in [6.07, 6.45) is 1.40. The Hall–Kier alpha value is -2.30. The molecule has 0 radical (unpaired) electrons. The zero-order valence-electron chi connectivity index (χ0n) is 13.7. The smallest absolute Gasteiger partial charge is 0.295 e. The molecule has 122 valence electrons. The standard InChI is InChI=1S/C18H20F2N2O/c1-12-10-14(11-21-13(12)2)16(23)22-17(3,4)18(19,20)15-8-6-5-7-9-15/h5-11H,1-4H3,(H,22,23). The minimum absolute atomic E-state index is 0.136. The molecule has 0 atom stereocenters. The first-order valence-corrected chi connectivity index (χ1v) is 7.34. The lowest BCUT2D eigenvalue weighted by Gasteiger charge is -2.35. The van der Waals surface area contributed by atoms with Crippen LogP contribution in [0.5, 0.6) is 0 Å². The van der Waals surface area contributed by atoms with Crippen LogP contribution in [0.4, 0.5) is 8.78 Å². The summed E-state index contributed by atoms with van der Waals surface area (Å²) >= 11 is 0. The van der Waals surface area contributed by atoms with Gasteiger partial charge in [0, 0.05) is 17.5 Å². The molecule has 1 N–H and O–H groups in total. The maximum atomic E-state index is 14.7. The van der Waals surface area contributed by atoms with Gasteiger partial charge in [-0.2, -0.15) is 8.78 Å². The Bertz CT molecular complexity index is 712. The monoisotopic (exact) mass is 318 g/mol. The number of aromatic nitrogens is 1. The lowest BCUT2D eigenvalue weighted by molar-refractivity contribution is -0.0792. The first-order valence-electron chi connectivity index (χ1n) is 7.34. The molecule has 2 rings (SSSR count). The molecule has 1 aromatic carbocycles. The van der Waals surface area contributed by atoms with E-state index in [1.807, 2.05) is 13.8 Å². The molecule has 0 aliphatic rings. The van der Waals surface area contributed by atoms with Gasteiger partial charge in [0.15, 0.2) is 0 Å². The van der Waals surface area contributed by atoms with E-state index in [4.69, 9.17) is 0 Å². The molecule has 0 saturated carbocycles. The maximum absolute atomic E-state index is 14.7. The number of rotatable bonds is 4. The zero-order chi connectivity index (χ0) is 17.3. The second-order valence-electron chi connectivity index (χ2n) is 6.15. The first kappa shape index (κ1) is 17.1. The van der Waals surface area contributed by atoms with Crippen molar-refractivity contribution in [2.24, 2.45) is 0 Å². The van der Waals surface area contributed by atoms with Crippen LogP contribution < -0.4 is 5.32 Å². The van der Waals surface area contributed by atoms with Crippen molar-refractivity contribution in [1.82, 2.24) is 10.3 Å². The van der Waals surface area contributed by atoms with Crippen molar-refractivity contribution < 1.29 is 13.6 Å². The minimum Gasteiger partial charge on any atom is -0.341 e. The van der Waals surface area contributed by atoms with Crippen molar-refractivity contribution in [3.8, 4) is 0 Å². The highest BCUT2D eigenvalue weighted by molar-refractivity contribution is 5.94. The number of halogens is 2. The molecule has 0 spiro atoms. The maximum Gasteiger partial charge on any atom is 0.295 e. The molecule has 1 aromatic heterocycles. The molecule has 5 heteroatoms. The van der Waals surface area contributed by atoms with Crippen molar-refractivity contribution >= 4 is 5.91 Å². The van der Waals surface area contributed by atoms with Crippen molar-refractivity contribution in [2.45, 2.75) is 39.2 Å². The fourth-order valence-electron chi connectivity index (χ4n) is 2.21. The Morgan fingerprint density at radius 1 is 1.13 bits per heavy atom. The Morgan fingerprint density at radius 3 is 2.30 bits per heavy atom. The summed E-state index contributed by atoms with van der Waals surface area (Å²) in [6, 6.07) is 9.13. The predicted molar refractivity (Wildman–Crippen MR) is 85.6 cm³/mol. The summed E-state index contributed by atoms with van der Waals surface area (Å²) < 4.78 is 29.4. The predicted octanol–water partition coefficient (Wildman–Crippen LogP) is 4.00. The highest BCUT2D eigenvalue weighted by Crippen LogP contribution is 2.38. The molecule has 0 aliphatic heterocycles. The Balaban J connectivity index is 2.26. The van der Waals surface area contributed by atoms with Crippen LogP contribution in [0.15, 0.2) is 42.6 Å². The number of carbonyl (C=O) groups is 1. The average Bonchev–Trinajstić information content (AvgIpc) is 2.50. The van der Waals surface area contributed by atoms with E-state index in [0.717, 1.165) is 11.3 Å². The third-order valence-corrected chi connectivity index (χ3v) is 3.95. The Kier molecular flexibility index (Phi) is 4.50. The van der Waals surface area contributed by atoms with Gasteiger partial charge in [-0.1, -0.05) is 30.3 Å². The molecule has 0 aliphatic carbocycles. The highest BCUT2D eigenvalue weighted by atomic mass is 19.3. The molecule has 0 bridgehead atoms. The van der Waals surface area contributed by atoms with Crippen molar-refractivity contribution in [2.75, 3.05) is 0 Å². The molecule has 3 nitrogen and oxygen atoms in total. The number of amides is 1. The van der Waals surface area contributed by atoms with E-state index < -0.39 is 17.4 Å². The van der Waals surface area contributed by atoms with E-state index >= 15 is 0 Å². The van der Waals surface area contributed by atoms with Crippen LogP contribution in [0.1, 0.15) is 41.0 Å². The van der Waals surface area contributed by atoms with Gasteiger partial charge in [0.05, 0.1) is 5.56 Å². The van der Waals surface area contributed by atoms with E-state index in [1.54, 1.807) is 24.3 Å². The third kappa shape index (κ3) is 3.38. The number of pyridine rings is 1. The third-order valence-electron chi connectivity index (χ3n) is 3.95. The number of benzene rings is 1. The van der Waals surface area contributed by atoms with Gasteiger partial charge < -0.3 is 5.32 Å². The quantitative estimate of drug-likeness (QED) is 0.926. The fourth-order valence-corrected chi connectivity index (χ4v) is 2.21. The molecule has 0 saturated heterocycles. The minimum atomic E-state index is -3.21. The highest BCUT2D eigenvalue weighted by Gasteiger charge is 2.49. The lowest BCUT2D eigenvalue weighted by atomic mass is 9.89. The van der Waals surface area contributed by atoms with E-state index in [9.17, 15) is 13.6 Å². The second-order valence-corrected chi connectivity index (χ2v) is 6.15. The first-order chi connectivity index (χ1) is 10.6. The average molecular weight is 318 g/mol. The van der Waals surface area contributed by atoms with Gasteiger partial charge in [0.2, 0.25) is 0 Å². The normalized spacial score (nSPS) is 12.1. The van der Waals surface area contributed by atoms with Crippen LogP contribution in [0.3, 0.4) is 0 Å². The van der Waals surface area contributed by atoms with E-state index in [0.29, 0.717) is 0 Å². The number of nitrogens with one attached hydrogen (secondary N) is 1. The van der Waals surface area contributed by atoms with Gasteiger partial charge in [-0.25, -0.2) is 0 Å². The van der Waals surface area contributed by atoms with Crippen molar-refractivity contribution in [1.29, 1.82) is 0 Å². The number of carbonyl (C=O) groups excluding carboxylic acids is 1. The number of aryl methyl sites for hydroxylation is 2. The van der Waals surface area contributed by atoms with Crippen LogP contribution in [0.2, 0.25) is 0 Å². The van der Waals surface area contributed by atoms with Crippen LogP contribution >= 0.6 is 0 Å². The van der Waals surface area contributed by atoms with Gasteiger partial charge in [-0.3, -0.25) is 9.78 Å². The summed E-state index contributed by atoms with van der Waals surface area (Å²) in [5.74, 6) is -3.78. The zero-order valence-corrected chi connectivity index (χ0v) is 13.7. The molecule has 2 aromatic rings. The summed E-state index contributed by atoms with van der Waals surface area (Å²) in [4.78, 5) is 16.4. The van der Waals surface area contributed by atoms with Crippen molar-refractivity contribution in [3.63, 3.8) is 0 Å². The molecule has 0 fully saturated rings. The topological polar surface area (TPSA) is 42.0 Å². The molecular formula is C18H20F2N2O. The number of alkyl halides is 2. The van der Waals surface area contributed by atoms with Gasteiger partial charge in [0.25, 0.3) is 11.8 Å². The van der Waals surface area contributed by atoms with Crippen LogP contribution in [0.25, 0.3) is 0 Å². The lowest BCUT2D eigenvalue weighted by Crippen LogP contribution is -2.54. The Labute approximate surface area is 134 Å². The molecule has 1 heterocycles. The fraction of sp³-hybridized carbons (Fsp3) is 0.333. The molecular weight excluding hydrogens is 298 g/mol. The summed E-state index contributed by atoms with van der Waals surface area (Å²) in [5.41, 5.74) is 0.0266. The summed E-state index contributed by atoms with van der Waals surface area (Å²) in [6.45, 7) is 6.27. The van der Waals surface area contributed by atoms with Crippen LogP contribution in [0, 0.1) is 13.8 Å². The SMILES string of the molecule is Cc1cc(C(=O)NC(C)(C)C(F)(F)c2ccccc2)cnc1C. The second kappa shape index (κ2) is 6.07. The number of hydrogen-bond donors (Lipinski definition) is 1.